The quantitative estimate of drug-likeness (QED) is 0.802. The van der Waals surface area contributed by atoms with Crippen molar-refractivity contribution < 1.29 is 14.4 Å². The largest absolute Gasteiger partial charge is 0.352 e. The van der Waals surface area contributed by atoms with Crippen LogP contribution in [0.1, 0.15) is 50.2 Å². The van der Waals surface area contributed by atoms with Crippen LogP contribution in [-0.2, 0) is 22.4 Å². The van der Waals surface area contributed by atoms with Gasteiger partial charge in [0, 0.05) is 12.5 Å². The Morgan fingerprint density at radius 1 is 1.22 bits per heavy atom. The van der Waals surface area contributed by atoms with E-state index >= 15 is 0 Å². The minimum atomic E-state index is -0.899. The minimum Gasteiger partial charge on any atom is -0.352 e. The zero-order valence-corrected chi connectivity index (χ0v) is 15.8. The number of nitrogens with one attached hydrogen (secondary N) is 2. The van der Waals surface area contributed by atoms with Gasteiger partial charge in [-0.15, -0.1) is 0 Å². The molecule has 6 heteroatoms. The summed E-state index contributed by atoms with van der Waals surface area (Å²) >= 11 is 0. The van der Waals surface area contributed by atoms with Gasteiger partial charge in [0.25, 0.3) is 5.91 Å². The number of hydrogen-bond acceptors (Lipinski definition) is 3. The molecular weight excluding hydrogens is 342 g/mol. The maximum Gasteiger partial charge on any atom is 0.325 e. The van der Waals surface area contributed by atoms with Gasteiger partial charge in [-0.25, -0.2) is 4.79 Å². The molecule has 2 N–H and O–H groups in total. The third-order valence-corrected chi connectivity index (χ3v) is 6.44. The molecule has 2 aliphatic carbocycles. The van der Waals surface area contributed by atoms with Crippen molar-refractivity contribution in [3.63, 3.8) is 0 Å². The van der Waals surface area contributed by atoms with Crippen LogP contribution in [0.4, 0.5) is 4.79 Å². The second-order valence-corrected chi connectivity index (χ2v) is 8.28. The van der Waals surface area contributed by atoms with E-state index in [1.54, 1.807) is 0 Å². The molecule has 1 aromatic rings. The van der Waals surface area contributed by atoms with Crippen LogP contribution in [0, 0.1) is 5.92 Å². The topological polar surface area (TPSA) is 78.5 Å². The summed E-state index contributed by atoms with van der Waals surface area (Å²) in [6.07, 6.45) is 6.20. The highest BCUT2D eigenvalue weighted by Gasteiger charge is 2.52. The summed E-state index contributed by atoms with van der Waals surface area (Å²) in [5.41, 5.74) is 1.43. The van der Waals surface area contributed by atoms with Gasteiger partial charge in [-0.05, 0) is 42.7 Å². The number of imide groups is 1. The number of carbonyl (C=O) groups is 3. The summed E-state index contributed by atoms with van der Waals surface area (Å²) in [6, 6.07) is 7.72. The third-order valence-electron chi connectivity index (χ3n) is 6.44. The summed E-state index contributed by atoms with van der Waals surface area (Å²) in [5, 5.41) is 5.92. The molecular formula is C21H27N3O3. The zero-order valence-electron chi connectivity index (χ0n) is 15.8. The van der Waals surface area contributed by atoms with Crippen molar-refractivity contribution in [2.75, 3.05) is 6.54 Å². The predicted molar refractivity (Wildman–Crippen MR) is 101 cm³/mol. The fourth-order valence-corrected chi connectivity index (χ4v) is 4.77. The van der Waals surface area contributed by atoms with Crippen molar-refractivity contribution in [2.24, 2.45) is 5.92 Å². The first-order valence-corrected chi connectivity index (χ1v) is 9.99. The van der Waals surface area contributed by atoms with Gasteiger partial charge in [0.2, 0.25) is 5.91 Å². The van der Waals surface area contributed by atoms with Crippen LogP contribution in [0.2, 0.25) is 0 Å². The van der Waals surface area contributed by atoms with Crippen LogP contribution in [0.25, 0.3) is 0 Å². The molecule has 3 aliphatic rings. The molecule has 0 bridgehead atoms. The second-order valence-electron chi connectivity index (χ2n) is 8.28. The van der Waals surface area contributed by atoms with E-state index < -0.39 is 11.6 Å². The molecule has 0 radical (unpaired) electrons. The molecule has 0 aromatic heterocycles. The zero-order chi connectivity index (χ0) is 19.0. The minimum absolute atomic E-state index is 0.141. The van der Waals surface area contributed by atoms with Crippen molar-refractivity contribution in [3.05, 3.63) is 35.4 Å². The van der Waals surface area contributed by atoms with Gasteiger partial charge in [0.15, 0.2) is 0 Å². The highest BCUT2D eigenvalue weighted by Crippen LogP contribution is 2.33. The van der Waals surface area contributed by atoms with Crippen LogP contribution in [0.3, 0.4) is 0 Å². The lowest BCUT2D eigenvalue weighted by molar-refractivity contribution is -0.135. The number of fused-ring (bicyclic) bond motifs is 1. The number of aryl methyl sites for hydroxylation is 1. The van der Waals surface area contributed by atoms with E-state index in [4.69, 9.17) is 0 Å². The third kappa shape index (κ3) is 3.33. The van der Waals surface area contributed by atoms with E-state index in [9.17, 15) is 14.4 Å². The lowest BCUT2D eigenvalue weighted by Crippen LogP contribution is -2.52. The molecule has 1 heterocycles. The Labute approximate surface area is 159 Å². The second kappa shape index (κ2) is 6.98. The molecule has 3 atom stereocenters. The Balaban J connectivity index is 1.43. The first-order valence-electron chi connectivity index (χ1n) is 9.99. The molecule has 1 saturated carbocycles. The molecule has 0 unspecified atom stereocenters. The highest BCUT2D eigenvalue weighted by molar-refractivity contribution is 6.09. The van der Waals surface area contributed by atoms with Gasteiger partial charge >= 0.3 is 6.03 Å². The Hall–Kier alpha value is -2.37. The van der Waals surface area contributed by atoms with Gasteiger partial charge in [-0.1, -0.05) is 44.0 Å². The number of hydrogen-bond donors (Lipinski definition) is 2. The van der Waals surface area contributed by atoms with Crippen LogP contribution in [0.5, 0.6) is 0 Å². The van der Waals surface area contributed by atoms with Crippen molar-refractivity contribution in [2.45, 2.75) is 63.5 Å². The van der Waals surface area contributed by atoms with Gasteiger partial charge in [0.1, 0.15) is 12.1 Å². The number of carbonyl (C=O) groups excluding carboxylic acids is 3. The lowest BCUT2D eigenvalue weighted by atomic mass is 9.78. The van der Waals surface area contributed by atoms with Crippen molar-refractivity contribution in [3.8, 4) is 0 Å². The predicted octanol–water partition coefficient (Wildman–Crippen LogP) is 2.16. The van der Waals surface area contributed by atoms with Gasteiger partial charge in [-0.2, -0.15) is 0 Å². The molecule has 6 nitrogen and oxygen atoms in total. The van der Waals surface area contributed by atoms with E-state index in [0.29, 0.717) is 18.8 Å². The highest BCUT2D eigenvalue weighted by atomic mass is 16.2. The number of nitrogens with zero attached hydrogens (tertiary/aromatic N) is 1. The Bertz CT molecular complexity index is 778. The number of benzene rings is 1. The summed E-state index contributed by atoms with van der Waals surface area (Å²) in [5.74, 6) is -0.0775. The standard InChI is InChI=1S/C21H27N3O3/c1-14-6-2-5-9-17(14)22-18(25)13-24-19(26)21(23-20(24)27)11-10-15-7-3-4-8-16(15)12-21/h3-4,7-8,14,17H,2,5-6,9-13H2,1H3,(H,22,25)(H,23,27)/t14-,17-,21+/m1/s1. The van der Waals surface area contributed by atoms with E-state index in [2.05, 4.69) is 23.6 Å². The first-order chi connectivity index (χ1) is 13.0. The molecule has 27 heavy (non-hydrogen) atoms. The van der Waals surface area contributed by atoms with Gasteiger partial charge < -0.3 is 10.6 Å². The summed E-state index contributed by atoms with van der Waals surface area (Å²) in [7, 11) is 0. The van der Waals surface area contributed by atoms with Crippen molar-refractivity contribution >= 4 is 17.8 Å². The van der Waals surface area contributed by atoms with E-state index in [0.717, 1.165) is 36.1 Å². The van der Waals surface area contributed by atoms with Crippen molar-refractivity contribution in [1.82, 2.24) is 15.5 Å². The maximum absolute atomic E-state index is 13.1. The monoisotopic (exact) mass is 369 g/mol. The average molecular weight is 369 g/mol. The molecule has 4 rings (SSSR count). The normalized spacial score (nSPS) is 30.2. The first kappa shape index (κ1) is 18.0. The summed E-state index contributed by atoms with van der Waals surface area (Å²) in [6.45, 7) is 1.95. The number of amides is 4. The number of rotatable bonds is 3. The van der Waals surface area contributed by atoms with Crippen LogP contribution in [0.15, 0.2) is 24.3 Å². The molecule has 1 saturated heterocycles. The molecule has 1 spiro atoms. The van der Waals surface area contributed by atoms with E-state index in [1.165, 1.54) is 12.0 Å². The maximum atomic E-state index is 13.1. The fourth-order valence-electron chi connectivity index (χ4n) is 4.77. The van der Waals surface area contributed by atoms with E-state index in [-0.39, 0.29) is 24.4 Å². The van der Waals surface area contributed by atoms with Crippen LogP contribution >= 0.6 is 0 Å². The molecule has 2 fully saturated rings. The molecule has 4 amide bonds. The SMILES string of the molecule is C[C@@H]1CCCC[C@H]1NC(=O)CN1C(=O)N[C@]2(CCc3ccccc3C2)C1=O. The molecule has 144 valence electrons. The van der Waals surface area contributed by atoms with Gasteiger partial charge in [-0.3, -0.25) is 14.5 Å². The Morgan fingerprint density at radius 3 is 2.74 bits per heavy atom. The van der Waals surface area contributed by atoms with Crippen LogP contribution < -0.4 is 10.6 Å². The van der Waals surface area contributed by atoms with E-state index in [1.807, 2.05) is 18.2 Å². The van der Waals surface area contributed by atoms with Crippen LogP contribution in [-0.4, -0.2) is 40.9 Å². The van der Waals surface area contributed by atoms with Gasteiger partial charge in [0.05, 0.1) is 0 Å². The Kier molecular flexibility index (Phi) is 4.66. The summed E-state index contributed by atoms with van der Waals surface area (Å²) < 4.78 is 0. The van der Waals surface area contributed by atoms with Crippen molar-refractivity contribution in [1.29, 1.82) is 0 Å². The lowest BCUT2D eigenvalue weighted by Gasteiger charge is -2.32. The summed E-state index contributed by atoms with van der Waals surface area (Å²) in [4.78, 5) is 39.1. The molecule has 1 aromatic carbocycles. The fraction of sp³-hybridized carbons (Fsp3) is 0.571. The smallest absolute Gasteiger partial charge is 0.325 e. The average Bonchev–Trinajstić information content (AvgIpc) is 2.87. The Morgan fingerprint density at radius 2 is 1.96 bits per heavy atom. The number of urea groups is 1. The molecule has 1 aliphatic heterocycles.